The van der Waals surface area contributed by atoms with E-state index < -0.39 is 17.5 Å². The van der Waals surface area contributed by atoms with E-state index in [9.17, 15) is 13.6 Å². The van der Waals surface area contributed by atoms with E-state index in [0.717, 1.165) is 22.6 Å². The van der Waals surface area contributed by atoms with Crippen molar-refractivity contribution in [1.29, 1.82) is 0 Å². The van der Waals surface area contributed by atoms with E-state index in [0.29, 0.717) is 0 Å². The fourth-order valence-electron chi connectivity index (χ4n) is 1.32. The van der Waals surface area contributed by atoms with Crippen molar-refractivity contribution in [3.63, 3.8) is 0 Å². The van der Waals surface area contributed by atoms with Crippen LogP contribution in [0.2, 0.25) is 0 Å². The molecule has 1 unspecified atom stereocenters. The van der Waals surface area contributed by atoms with Crippen LogP contribution in [0, 0.1) is 17.6 Å². The molecule has 1 rings (SSSR count). The normalized spacial score (nSPS) is 12.6. The lowest BCUT2D eigenvalue weighted by atomic mass is 10.1. The van der Waals surface area contributed by atoms with E-state index in [1.807, 2.05) is 13.8 Å². The molecule has 0 aliphatic heterocycles. The number of rotatable bonds is 4. The second-order valence-electron chi connectivity index (χ2n) is 4.14. The minimum Gasteiger partial charge on any atom is -0.348 e. The second kappa shape index (κ2) is 6.28. The van der Waals surface area contributed by atoms with Gasteiger partial charge in [0.1, 0.15) is 11.6 Å². The fraction of sp³-hybridized carbons (Fsp3) is 0.417. The molecule has 0 radical (unpaired) electrons. The van der Waals surface area contributed by atoms with Crippen LogP contribution >= 0.6 is 22.6 Å². The maximum Gasteiger partial charge on any atom is 0.251 e. The highest BCUT2D eigenvalue weighted by molar-refractivity contribution is 14.1. The molecule has 1 aromatic rings. The number of nitrogens with one attached hydrogen (secondary N) is 1. The number of benzene rings is 1. The van der Waals surface area contributed by atoms with Crippen LogP contribution < -0.4 is 5.32 Å². The number of hydrogen-bond acceptors (Lipinski definition) is 1. The van der Waals surface area contributed by atoms with Gasteiger partial charge >= 0.3 is 0 Å². The highest BCUT2D eigenvalue weighted by atomic mass is 127. The molecule has 94 valence electrons. The number of carbonyl (C=O) groups is 1. The minimum atomic E-state index is -0.745. The summed E-state index contributed by atoms with van der Waals surface area (Å²) in [6, 6.07) is 2.80. The van der Waals surface area contributed by atoms with Gasteiger partial charge in [0.25, 0.3) is 5.91 Å². The summed E-state index contributed by atoms with van der Waals surface area (Å²) in [4.78, 5) is 11.8. The predicted molar refractivity (Wildman–Crippen MR) is 71.3 cm³/mol. The third-order valence-electron chi connectivity index (χ3n) is 2.41. The monoisotopic (exact) mass is 353 g/mol. The van der Waals surface area contributed by atoms with E-state index in [1.54, 1.807) is 0 Å². The minimum absolute atomic E-state index is 0.00516. The van der Waals surface area contributed by atoms with Gasteiger partial charge in [-0.3, -0.25) is 4.79 Å². The van der Waals surface area contributed by atoms with Crippen molar-refractivity contribution in [3.05, 3.63) is 35.4 Å². The van der Waals surface area contributed by atoms with Gasteiger partial charge < -0.3 is 5.32 Å². The molecular weight excluding hydrogens is 339 g/mol. The second-order valence-corrected chi connectivity index (χ2v) is 5.02. The summed E-state index contributed by atoms with van der Waals surface area (Å²) in [6.07, 6.45) is 0. The molecule has 0 bridgehead atoms. The zero-order valence-corrected chi connectivity index (χ0v) is 11.8. The Labute approximate surface area is 113 Å². The van der Waals surface area contributed by atoms with Gasteiger partial charge in [-0.05, 0) is 18.1 Å². The first-order valence-corrected chi connectivity index (χ1v) is 6.79. The first-order chi connectivity index (χ1) is 7.93. The Kier molecular flexibility index (Phi) is 5.30. The largest absolute Gasteiger partial charge is 0.348 e. The Balaban J connectivity index is 2.82. The summed E-state index contributed by atoms with van der Waals surface area (Å²) in [5, 5.41) is 2.76. The van der Waals surface area contributed by atoms with Gasteiger partial charge in [-0.2, -0.15) is 0 Å². The lowest BCUT2D eigenvalue weighted by Gasteiger charge is -2.19. The summed E-state index contributed by atoms with van der Waals surface area (Å²) < 4.78 is 26.6. The van der Waals surface area contributed by atoms with Gasteiger partial charge in [0.05, 0.1) is 0 Å². The molecule has 0 aliphatic rings. The first-order valence-electron chi connectivity index (χ1n) is 5.27. The Morgan fingerprint density at radius 3 is 2.24 bits per heavy atom. The molecule has 0 spiro atoms. The van der Waals surface area contributed by atoms with E-state index in [2.05, 4.69) is 27.9 Å². The van der Waals surface area contributed by atoms with Gasteiger partial charge in [0.2, 0.25) is 0 Å². The van der Waals surface area contributed by atoms with Crippen molar-refractivity contribution in [2.24, 2.45) is 5.92 Å². The third-order valence-corrected chi connectivity index (χ3v) is 3.36. The third kappa shape index (κ3) is 4.22. The van der Waals surface area contributed by atoms with Crippen LogP contribution in [0.15, 0.2) is 18.2 Å². The summed E-state index contributed by atoms with van der Waals surface area (Å²) in [7, 11) is 0. The summed E-state index contributed by atoms with van der Waals surface area (Å²) in [6.45, 7) is 3.96. The van der Waals surface area contributed by atoms with Crippen LogP contribution in [0.4, 0.5) is 8.78 Å². The van der Waals surface area contributed by atoms with Gasteiger partial charge in [0.15, 0.2) is 0 Å². The van der Waals surface area contributed by atoms with Crippen LogP contribution in [0.3, 0.4) is 0 Å². The summed E-state index contributed by atoms with van der Waals surface area (Å²) in [5.74, 6) is -1.66. The lowest BCUT2D eigenvalue weighted by Crippen LogP contribution is -2.39. The van der Waals surface area contributed by atoms with Crippen molar-refractivity contribution in [3.8, 4) is 0 Å². The number of carbonyl (C=O) groups excluding carboxylic acids is 1. The van der Waals surface area contributed by atoms with Gasteiger partial charge in [-0.25, -0.2) is 8.78 Å². The lowest BCUT2D eigenvalue weighted by molar-refractivity contribution is 0.0931. The summed E-state index contributed by atoms with van der Waals surface area (Å²) >= 11 is 2.17. The van der Waals surface area contributed by atoms with Crippen LogP contribution in [0.5, 0.6) is 0 Å². The van der Waals surface area contributed by atoms with Crippen LogP contribution in [0.25, 0.3) is 0 Å². The smallest absolute Gasteiger partial charge is 0.251 e. The number of alkyl halides is 1. The maximum absolute atomic E-state index is 12.9. The average molecular weight is 353 g/mol. The molecule has 0 fully saturated rings. The zero-order chi connectivity index (χ0) is 13.0. The standard InChI is InChI=1S/C12H14F2INO/c1-7(2)11(6-15)16-12(17)8-3-9(13)5-10(14)4-8/h3-5,7,11H,6H2,1-2H3,(H,16,17). The van der Waals surface area contributed by atoms with E-state index in [-0.39, 0.29) is 17.5 Å². The van der Waals surface area contributed by atoms with E-state index >= 15 is 0 Å². The SMILES string of the molecule is CC(C)C(CI)NC(=O)c1cc(F)cc(F)c1. The Bertz CT molecular complexity index is 389. The topological polar surface area (TPSA) is 29.1 Å². The van der Waals surface area contributed by atoms with Crippen molar-refractivity contribution < 1.29 is 13.6 Å². The van der Waals surface area contributed by atoms with Crippen LogP contribution in [-0.2, 0) is 0 Å². The van der Waals surface area contributed by atoms with Crippen molar-refractivity contribution in [2.75, 3.05) is 4.43 Å². The van der Waals surface area contributed by atoms with Gasteiger partial charge in [-0.1, -0.05) is 36.4 Å². The van der Waals surface area contributed by atoms with Crippen molar-refractivity contribution in [2.45, 2.75) is 19.9 Å². The Morgan fingerprint density at radius 2 is 1.82 bits per heavy atom. The molecule has 0 aliphatic carbocycles. The molecule has 2 nitrogen and oxygen atoms in total. The highest BCUT2D eigenvalue weighted by Crippen LogP contribution is 2.10. The zero-order valence-electron chi connectivity index (χ0n) is 9.64. The maximum atomic E-state index is 12.9. The average Bonchev–Trinajstić information content (AvgIpc) is 2.23. The first kappa shape index (κ1) is 14.3. The van der Waals surface area contributed by atoms with Crippen LogP contribution in [-0.4, -0.2) is 16.4 Å². The Morgan fingerprint density at radius 1 is 1.29 bits per heavy atom. The van der Waals surface area contributed by atoms with Crippen LogP contribution in [0.1, 0.15) is 24.2 Å². The molecular formula is C12H14F2INO. The van der Waals surface area contributed by atoms with Crippen molar-refractivity contribution >= 4 is 28.5 Å². The summed E-state index contributed by atoms with van der Waals surface area (Å²) in [5.41, 5.74) is 0.0120. The number of hydrogen-bond donors (Lipinski definition) is 1. The van der Waals surface area contributed by atoms with Crippen molar-refractivity contribution in [1.82, 2.24) is 5.32 Å². The van der Waals surface area contributed by atoms with E-state index in [1.165, 1.54) is 0 Å². The Hall–Kier alpha value is -0.720. The molecule has 0 aromatic heterocycles. The molecule has 0 heterocycles. The molecule has 1 N–H and O–H groups in total. The molecule has 17 heavy (non-hydrogen) atoms. The highest BCUT2D eigenvalue weighted by Gasteiger charge is 2.16. The molecule has 1 amide bonds. The number of amides is 1. The molecule has 1 atom stereocenters. The van der Waals surface area contributed by atoms with Gasteiger partial charge in [0, 0.05) is 22.1 Å². The molecule has 5 heteroatoms. The van der Waals surface area contributed by atoms with E-state index in [4.69, 9.17) is 0 Å². The molecule has 0 saturated carbocycles. The quantitative estimate of drug-likeness (QED) is 0.654. The predicted octanol–water partition coefficient (Wildman–Crippen LogP) is 3.15. The molecule has 0 saturated heterocycles. The fourth-order valence-corrected chi connectivity index (χ4v) is 2.56. The molecule has 1 aromatic carbocycles. The van der Waals surface area contributed by atoms with Gasteiger partial charge in [-0.15, -0.1) is 0 Å². The number of halogens is 3.